The van der Waals surface area contributed by atoms with Crippen molar-refractivity contribution in [3.8, 4) is 0 Å². The normalized spacial score (nSPS) is 12.3. The fraction of sp³-hybridized carbons (Fsp3) is 0.364. The summed E-state index contributed by atoms with van der Waals surface area (Å²) in [5, 5.41) is 10.1. The lowest BCUT2D eigenvalue weighted by atomic mass is 10.2. The zero-order chi connectivity index (χ0) is 15.4. The van der Waals surface area contributed by atoms with E-state index in [-0.39, 0.29) is 10.5 Å². The number of carbonyl (C=O) groups is 1. The Morgan fingerprint density at radius 3 is 2.35 bits per heavy atom. The van der Waals surface area contributed by atoms with Crippen molar-refractivity contribution in [3.63, 3.8) is 0 Å². The first kappa shape index (κ1) is 16.7. The maximum atomic E-state index is 12.8. The van der Waals surface area contributed by atoms with E-state index in [1.54, 1.807) is 5.32 Å². The Balaban J connectivity index is 2.83. The number of carbonyl (C=O) groups excluding carboxylic acids is 1. The summed E-state index contributed by atoms with van der Waals surface area (Å²) in [5.41, 5.74) is -4.95. The number of benzene rings is 1. The summed E-state index contributed by atoms with van der Waals surface area (Å²) in [5.74, 6) is -4.59. The van der Waals surface area contributed by atoms with Gasteiger partial charge in [-0.25, -0.2) is 8.78 Å². The third kappa shape index (κ3) is 5.33. The molecule has 112 valence electrons. The highest BCUT2D eigenvalue weighted by molar-refractivity contribution is 8.00. The van der Waals surface area contributed by atoms with E-state index in [1.807, 2.05) is 0 Å². The first-order valence-electron chi connectivity index (χ1n) is 5.26. The Morgan fingerprint density at radius 1 is 1.20 bits per heavy atom. The average Bonchev–Trinajstić information content (AvgIpc) is 2.35. The molecule has 1 aromatic rings. The summed E-state index contributed by atoms with van der Waals surface area (Å²) in [4.78, 5) is 11.2. The highest BCUT2D eigenvalue weighted by Gasteiger charge is 2.32. The molecule has 0 aliphatic rings. The van der Waals surface area contributed by atoms with Crippen molar-refractivity contribution in [3.05, 3.63) is 29.8 Å². The van der Waals surface area contributed by atoms with Gasteiger partial charge >= 0.3 is 5.51 Å². The van der Waals surface area contributed by atoms with Gasteiger partial charge in [-0.15, -0.1) is 0 Å². The molecule has 2 N–H and O–H groups in total. The summed E-state index contributed by atoms with van der Waals surface area (Å²) in [6.45, 7) is -2.63. The van der Waals surface area contributed by atoms with Crippen LogP contribution in [0, 0.1) is 0 Å². The van der Waals surface area contributed by atoms with Crippen molar-refractivity contribution in [2.75, 3.05) is 13.2 Å². The van der Waals surface area contributed by atoms with E-state index in [2.05, 4.69) is 0 Å². The topological polar surface area (TPSA) is 49.3 Å². The number of hydrogen-bond acceptors (Lipinski definition) is 3. The van der Waals surface area contributed by atoms with Gasteiger partial charge in [0.2, 0.25) is 0 Å². The largest absolute Gasteiger partial charge is 0.446 e. The molecule has 9 heteroatoms. The van der Waals surface area contributed by atoms with Gasteiger partial charge in [0.25, 0.3) is 11.8 Å². The van der Waals surface area contributed by atoms with Crippen LogP contribution in [0.1, 0.15) is 10.4 Å². The minimum Gasteiger partial charge on any atom is -0.390 e. The van der Waals surface area contributed by atoms with E-state index in [0.717, 1.165) is 12.1 Å². The first-order valence-corrected chi connectivity index (χ1v) is 6.08. The minimum absolute atomic E-state index is 0.358. The van der Waals surface area contributed by atoms with Gasteiger partial charge in [0.15, 0.2) is 0 Å². The van der Waals surface area contributed by atoms with Crippen LogP contribution in [-0.2, 0) is 0 Å². The van der Waals surface area contributed by atoms with Crippen LogP contribution in [0.2, 0.25) is 0 Å². The van der Waals surface area contributed by atoms with Gasteiger partial charge in [0.1, 0.15) is 6.61 Å². The maximum Gasteiger partial charge on any atom is 0.446 e. The van der Waals surface area contributed by atoms with Crippen molar-refractivity contribution in [2.45, 2.75) is 16.3 Å². The van der Waals surface area contributed by atoms with Gasteiger partial charge < -0.3 is 10.4 Å². The number of halogens is 5. The second-order valence-electron chi connectivity index (χ2n) is 3.74. The van der Waals surface area contributed by atoms with E-state index in [0.29, 0.717) is 0 Å². The van der Waals surface area contributed by atoms with Crippen LogP contribution in [-0.4, -0.2) is 35.6 Å². The average molecular weight is 315 g/mol. The molecule has 0 heterocycles. The minimum atomic E-state index is -4.59. The number of aliphatic hydroxyl groups is 1. The molecule has 20 heavy (non-hydrogen) atoms. The van der Waals surface area contributed by atoms with Crippen molar-refractivity contribution in [1.82, 2.24) is 5.32 Å². The van der Waals surface area contributed by atoms with Crippen LogP contribution in [0.4, 0.5) is 22.0 Å². The monoisotopic (exact) mass is 315 g/mol. The third-order valence-corrected chi connectivity index (χ3v) is 2.90. The van der Waals surface area contributed by atoms with Crippen LogP contribution in [0.15, 0.2) is 29.2 Å². The van der Waals surface area contributed by atoms with Crippen LogP contribution >= 0.6 is 11.8 Å². The number of alkyl halides is 5. The molecular weight excluding hydrogens is 305 g/mol. The second-order valence-corrected chi connectivity index (χ2v) is 4.85. The molecule has 0 aromatic heterocycles. The van der Waals surface area contributed by atoms with Gasteiger partial charge in [0.05, 0.1) is 12.1 Å². The summed E-state index contributed by atoms with van der Waals surface area (Å²) in [6.07, 6.45) is 0. The van der Waals surface area contributed by atoms with Gasteiger partial charge in [-0.1, -0.05) is 12.1 Å². The summed E-state index contributed by atoms with van der Waals surface area (Å²) >= 11 is -0.503. The van der Waals surface area contributed by atoms with Crippen molar-refractivity contribution < 1.29 is 31.9 Å². The molecule has 0 aliphatic heterocycles. The molecule has 0 aliphatic carbocycles. The van der Waals surface area contributed by atoms with Gasteiger partial charge in [0, 0.05) is 4.90 Å². The lowest BCUT2D eigenvalue weighted by Crippen LogP contribution is -2.39. The van der Waals surface area contributed by atoms with Gasteiger partial charge in [-0.3, -0.25) is 4.79 Å². The van der Waals surface area contributed by atoms with Crippen molar-refractivity contribution in [2.24, 2.45) is 0 Å². The van der Waals surface area contributed by atoms with E-state index >= 15 is 0 Å². The van der Waals surface area contributed by atoms with Crippen LogP contribution < -0.4 is 5.32 Å². The van der Waals surface area contributed by atoms with Crippen LogP contribution in [0.5, 0.6) is 0 Å². The number of thioether (sulfide) groups is 1. The predicted octanol–water partition coefficient (Wildman–Crippen LogP) is 2.66. The number of hydrogen-bond donors (Lipinski definition) is 2. The molecular formula is C11H10F5NO2S. The van der Waals surface area contributed by atoms with E-state index in [1.165, 1.54) is 12.1 Å². The molecule has 1 amide bonds. The number of rotatable bonds is 5. The zero-order valence-corrected chi connectivity index (χ0v) is 10.7. The quantitative estimate of drug-likeness (QED) is 0.649. The fourth-order valence-electron chi connectivity index (χ4n) is 1.23. The maximum absolute atomic E-state index is 12.8. The summed E-state index contributed by atoms with van der Waals surface area (Å²) < 4.78 is 62.4. The Kier molecular flexibility index (Phi) is 5.35. The van der Waals surface area contributed by atoms with Crippen molar-refractivity contribution >= 4 is 17.7 Å². The highest BCUT2D eigenvalue weighted by Crippen LogP contribution is 2.38. The molecule has 1 aromatic carbocycles. The number of nitrogens with one attached hydrogen (secondary N) is 1. The molecule has 0 radical (unpaired) electrons. The molecule has 0 unspecified atom stereocenters. The molecule has 0 saturated carbocycles. The summed E-state index contributed by atoms with van der Waals surface area (Å²) in [7, 11) is 0. The Morgan fingerprint density at radius 2 is 1.80 bits per heavy atom. The van der Waals surface area contributed by atoms with E-state index in [9.17, 15) is 26.7 Å². The van der Waals surface area contributed by atoms with Crippen molar-refractivity contribution in [1.29, 1.82) is 0 Å². The Bertz CT molecular complexity index is 478. The summed E-state index contributed by atoms with van der Waals surface area (Å²) in [6, 6.07) is 4.78. The Hall–Kier alpha value is -1.35. The number of amides is 1. The molecule has 0 saturated heterocycles. The Labute approximate surface area is 115 Å². The molecule has 3 nitrogen and oxygen atoms in total. The van der Waals surface area contributed by atoms with Crippen LogP contribution in [0.3, 0.4) is 0 Å². The highest BCUT2D eigenvalue weighted by atomic mass is 32.2. The molecule has 1 rings (SSSR count). The van der Waals surface area contributed by atoms with E-state index < -0.39 is 42.3 Å². The third-order valence-electron chi connectivity index (χ3n) is 2.10. The lowest BCUT2D eigenvalue weighted by molar-refractivity contribution is -0.0462. The smallest absolute Gasteiger partial charge is 0.390 e. The SMILES string of the molecule is O=C(NCC(F)(F)CO)c1ccccc1SC(F)(F)F. The van der Waals surface area contributed by atoms with Gasteiger partial charge in [-0.05, 0) is 23.9 Å². The number of aliphatic hydroxyl groups excluding tert-OH is 1. The molecule has 0 bridgehead atoms. The molecule has 0 spiro atoms. The standard InChI is InChI=1S/C11H10F5NO2S/c12-10(13,6-18)5-17-9(19)7-3-1-2-4-8(7)20-11(14,15)16/h1-4,18H,5-6H2,(H,17,19). The van der Waals surface area contributed by atoms with Gasteiger partial charge in [-0.2, -0.15) is 13.2 Å². The molecule has 0 fully saturated rings. The fourth-order valence-corrected chi connectivity index (χ4v) is 1.90. The molecule has 0 atom stereocenters. The van der Waals surface area contributed by atoms with Crippen LogP contribution in [0.25, 0.3) is 0 Å². The van der Waals surface area contributed by atoms with E-state index in [4.69, 9.17) is 5.11 Å². The zero-order valence-electron chi connectivity index (χ0n) is 9.88. The first-order chi connectivity index (χ1) is 9.14. The second kappa shape index (κ2) is 6.40. The predicted molar refractivity (Wildman–Crippen MR) is 62.7 cm³/mol. The lowest BCUT2D eigenvalue weighted by Gasteiger charge is -2.15.